The summed E-state index contributed by atoms with van der Waals surface area (Å²) in [6.45, 7) is 0.423. The lowest BCUT2D eigenvalue weighted by Gasteiger charge is -2.13. The second-order valence-corrected chi connectivity index (χ2v) is 9.90. The van der Waals surface area contributed by atoms with Gasteiger partial charge in [-0.25, -0.2) is 4.99 Å². The molecule has 4 rings (SSSR count). The summed E-state index contributed by atoms with van der Waals surface area (Å²) in [5.41, 5.74) is 2.67. The smallest absolute Gasteiger partial charge is 0.264 e. The van der Waals surface area contributed by atoms with Crippen molar-refractivity contribution in [3.63, 3.8) is 0 Å². The van der Waals surface area contributed by atoms with Gasteiger partial charge in [0.05, 0.1) is 22.2 Å². The van der Waals surface area contributed by atoms with Crippen LogP contribution in [0.25, 0.3) is 6.08 Å². The highest BCUT2D eigenvalue weighted by Gasteiger charge is 2.24. The number of hydrogen-bond acceptors (Lipinski definition) is 5. The number of benzene rings is 3. The predicted octanol–water partition coefficient (Wildman–Crippen LogP) is 6.53. The zero-order valence-electron chi connectivity index (χ0n) is 17.0. The van der Waals surface area contributed by atoms with E-state index in [1.54, 1.807) is 7.11 Å². The monoisotopic (exact) mass is 620 g/mol. The molecule has 0 aromatic heterocycles. The number of nitrogens with one attached hydrogen (secondary N) is 1. The number of halogens is 2. The van der Waals surface area contributed by atoms with E-state index in [-0.39, 0.29) is 5.91 Å². The third kappa shape index (κ3) is 5.73. The number of thioether (sulfide) groups is 1. The Labute approximate surface area is 212 Å². The Morgan fingerprint density at radius 1 is 1.12 bits per heavy atom. The molecule has 0 atom stereocenters. The molecule has 1 aliphatic rings. The van der Waals surface area contributed by atoms with Gasteiger partial charge in [-0.1, -0.05) is 36.4 Å². The summed E-state index contributed by atoms with van der Waals surface area (Å²) in [6, 6.07) is 21.5. The van der Waals surface area contributed by atoms with Crippen LogP contribution in [0.4, 0.5) is 5.69 Å². The quantitative estimate of drug-likeness (QED) is 0.251. The molecule has 32 heavy (non-hydrogen) atoms. The summed E-state index contributed by atoms with van der Waals surface area (Å²) in [4.78, 5) is 17.5. The van der Waals surface area contributed by atoms with Gasteiger partial charge in [0.2, 0.25) is 0 Å². The van der Waals surface area contributed by atoms with Gasteiger partial charge in [-0.3, -0.25) is 4.79 Å². The van der Waals surface area contributed by atoms with Crippen LogP contribution in [-0.4, -0.2) is 18.2 Å². The average Bonchev–Trinajstić information content (AvgIpc) is 3.11. The number of rotatable bonds is 6. The summed E-state index contributed by atoms with van der Waals surface area (Å²) < 4.78 is 13.4. The molecule has 0 unspecified atom stereocenters. The van der Waals surface area contributed by atoms with Gasteiger partial charge < -0.3 is 14.8 Å². The van der Waals surface area contributed by atoms with Gasteiger partial charge in [-0.2, -0.15) is 0 Å². The van der Waals surface area contributed by atoms with Crippen molar-refractivity contribution in [3.8, 4) is 11.5 Å². The molecule has 1 saturated heterocycles. The number of carbonyl (C=O) groups is 1. The number of ether oxygens (including phenoxy) is 2. The van der Waals surface area contributed by atoms with Crippen LogP contribution in [0.15, 0.2) is 81.1 Å². The number of carbonyl (C=O) groups excluding carboxylic acids is 1. The van der Waals surface area contributed by atoms with Crippen molar-refractivity contribution in [2.24, 2.45) is 4.99 Å². The summed E-state index contributed by atoms with van der Waals surface area (Å²) in [6.07, 6.45) is 1.81. The molecule has 0 aliphatic carbocycles. The normalized spacial score (nSPS) is 15.8. The van der Waals surface area contributed by atoms with Crippen LogP contribution >= 0.6 is 50.3 Å². The van der Waals surface area contributed by atoms with Gasteiger partial charge in [0.25, 0.3) is 5.91 Å². The molecule has 1 amide bonds. The Hall–Kier alpha value is -2.30. The molecule has 8 heteroatoms. The first-order valence-corrected chi connectivity index (χ1v) is 12.3. The largest absolute Gasteiger partial charge is 0.493 e. The Morgan fingerprint density at radius 3 is 2.69 bits per heavy atom. The first kappa shape index (κ1) is 22.9. The van der Waals surface area contributed by atoms with Gasteiger partial charge >= 0.3 is 0 Å². The van der Waals surface area contributed by atoms with Crippen molar-refractivity contribution < 1.29 is 14.3 Å². The van der Waals surface area contributed by atoms with Crippen LogP contribution in [0.1, 0.15) is 11.1 Å². The second-order valence-electron chi connectivity index (χ2n) is 6.77. The number of methoxy groups -OCH3 is 1. The van der Waals surface area contributed by atoms with E-state index in [1.165, 1.54) is 11.8 Å². The maximum absolute atomic E-state index is 12.5. The third-order valence-corrected chi connectivity index (χ3v) is 6.64. The van der Waals surface area contributed by atoms with Gasteiger partial charge in [0.15, 0.2) is 16.7 Å². The van der Waals surface area contributed by atoms with E-state index < -0.39 is 0 Å². The molecule has 1 N–H and O–H groups in total. The highest BCUT2D eigenvalue weighted by Crippen LogP contribution is 2.38. The fraction of sp³-hybridized carbons (Fsp3) is 0.0833. The maximum atomic E-state index is 12.5. The molecule has 1 fully saturated rings. The zero-order chi connectivity index (χ0) is 22.5. The van der Waals surface area contributed by atoms with Gasteiger partial charge in [0.1, 0.15) is 6.61 Å². The van der Waals surface area contributed by atoms with E-state index in [9.17, 15) is 4.79 Å². The van der Waals surface area contributed by atoms with Crippen molar-refractivity contribution in [3.05, 3.63) is 90.8 Å². The Kier molecular flexibility index (Phi) is 7.54. The van der Waals surface area contributed by atoms with Gasteiger partial charge in [-0.15, -0.1) is 0 Å². The summed E-state index contributed by atoms with van der Waals surface area (Å²) >= 11 is 7.11. The highest BCUT2D eigenvalue weighted by molar-refractivity contribution is 14.1. The Balaban J connectivity index is 1.54. The summed E-state index contributed by atoms with van der Waals surface area (Å²) in [5, 5.41) is 3.37. The van der Waals surface area contributed by atoms with Gasteiger partial charge in [0, 0.05) is 3.57 Å². The lowest BCUT2D eigenvalue weighted by molar-refractivity contribution is -0.115. The van der Waals surface area contributed by atoms with E-state index in [0.29, 0.717) is 28.2 Å². The molecule has 162 valence electrons. The maximum Gasteiger partial charge on any atom is 0.264 e. The predicted molar refractivity (Wildman–Crippen MR) is 141 cm³/mol. The van der Waals surface area contributed by atoms with Crippen molar-refractivity contribution >= 4 is 73.1 Å². The van der Waals surface area contributed by atoms with Crippen LogP contribution in [0.3, 0.4) is 0 Å². The first-order chi connectivity index (χ1) is 15.5. The molecule has 0 bridgehead atoms. The van der Waals surface area contributed by atoms with Crippen LogP contribution in [0, 0.1) is 3.57 Å². The number of amides is 1. The lowest BCUT2D eigenvalue weighted by Crippen LogP contribution is -2.19. The van der Waals surface area contributed by atoms with E-state index in [4.69, 9.17) is 9.47 Å². The Morgan fingerprint density at radius 2 is 1.94 bits per heavy atom. The molecule has 0 radical (unpaired) electrons. The SMILES string of the molecule is COc1cc(/C=C2/SC(=Nc3cccc(I)c3)NC2=O)cc(Br)c1OCc1ccccc1. The minimum atomic E-state index is -0.182. The fourth-order valence-corrected chi connectivity index (χ4v) is 4.93. The van der Waals surface area contributed by atoms with Crippen molar-refractivity contribution in [1.29, 1.82) is 0 Å². The van der Waals surface area contributed by atoms with Crippen molar-refractivity contribution in [2.75, 3.05) is 7.11 Å². The molecular formula is C24H18BrIN2O3S. The standard InChI is InChI=1S/C24H18BrIN2O3S/c1-30-20-11-16(10-19(25)22(20)31-14-15-6-3-2-4-7-15)12-21-23(29)28-24(32-21)27-18-9-5-8-17(26)13-18/h2-13H,14H2,1H3,(H,27,28,29)/b21-12+. The lowest BCUT2D eigenvalue weighted by atomic mass is 10.2. The molecule has 3 aromatic carbocycles. The van der Waals surface area contributed by atoms with E-state index in [1.807, 2.05) is 72.8 Å². The van der Waals surface area contributed by atoms with Crippen LogP contribution in [0.5, 0.6) is 11.5 Å². The Bertz CT molecular complexity index is 1220. The van der Waals surface area contributed by atoms with Crippen LogP contribution in [-0.2, 0) is 11.4 Å². The molecule has 3 aromatic rings. The van der Waals surface area contributed by atoms with E-state index in [2.05, 4.69) is 48.8 Å². The van der Waals surface area contributed by atoms with Crippen molar-refractivity contribution in [1.82, 2.24) is 5.32 Å². The third-order valence-electron chi connectivity index (χ3n) is 4.47. The summed E-state index contributed by atoms with van der Waals surface area (Å²) in [7, 11) is 1.59. The number of hydrogen-bond donors (Lipinski definition) is 1. The zero-order valence-corrected chi connectivity index (χ0v) is 21.5. The molecule has 0 saturated carbocycles. The molecule has 1 heterocycles. The number of amidine groups is 1. The second kappa shape index (κ2) is 10.5. The highest BCUT2D eigenvalue weighted by atomic mass is 127. The minimum absolute atomic E-state index is 0.182. The van der Waals surface area contributed by atoms with Crippen LogP contribution < -0.4 is 14.8 Å². The topological polar surface area (TPSA) is 59.9 Å². The molecule has 1 aliphatic heterocycles. The van der Waals surface area contributed by atoms with E-state index >= 15 is 0 Å². The van der Waals surface area contributed by atoms with Crippen molar-refractivity contribution in [2.45, 2.75) is 6.61 Å². The molecule has 5 nitrogen and oxygen atoms in total. The fourth-order valence-electron chi connectivity index (χ4n) is 2.99. The van der Waals surface area contributed by atoms with Crippen LogP contribution in [0.2, 0.25) is 0 Å². The average molecular weight is 621 g/mol. The number of nitrogens with zero attached hydrogens (tertiary/aromatic N) is 1. The number of aliphatic imine (C=N–C) groups is 1. The van der Waals surface area contributed by atoms with Gasteiger partial charge in [-0.05, 0) is 97.8 Å². The van der Waals surface area contributed by atoms with E-state index in [0.717, 1.165) is 24.9 Å². The minimum Gasteiger partial charge on any atom is -0.493 e. The first-order valence-electron chi connectivity index (χ1n) is 9.61. The molecule has 0 spiro atoms. The molecular weight excluding hydrogens is 603 g/mol. The summed E-state index contributed by atoms with van der Waals surface area (Å²) in [5.74, 6) is 1.01.